The number of carboxylic acid groups (broad SMARTS) is 1. The van der Waals surface area contributed by atoms with Crippen molar-refractivity contribution in [3.63, 3.8) is 0 Å². The number of thiazole rings is 1. The first-order valence-electron chi connectivity index (χ1n) is 39.0. The van der Waals surface area contributed by atoms with E-state index in [0.717, 1.165) is 62.1 Å². The number of nitrogens with one attached hydrogen (secondary N) is 6. The predicted molar refractivity (Wildman–Crippen MR) is 446 cm³/mol. The maximum atomic E-state index is 14.7. The molecule has 5 aromatic rings. The van der Waals surface area contributed by atoms with Crippen molar-refractivity contribution in [3.05, 3.63) is 83.9 Å². The molecular formula is C83H113BrN12O17S2. The fourth-order valence-electron chi connectivity index (χ4n) is 15.5. The van der Waals surface area contributed by atoms with Crippen LogP contribution in [0.1, 0.15) is 182 Å². The highest BCUT2D eigenvalue weighted by Gasteiger charge is 2.63. The Morgan fingerprint density at radius 3 is 1.48 bits per heavy atom. The molecule has 0 spiro atoms. The fourth-order valence-corrected chi connectivity index (χ4v) is 16.8. The van der Waals surface area contributed by atoms with Gasteiger partial charge >= 0.3 is 24.1 Å². The first-order valence-corrected chi connectivity index (χ1v) is 41.4. The van der Waals surface area contributed by atoms with Gasteiger partial charge in [-0.1, -0.05) is 69.6 Å². The standard InChI is InChI=1S/C41H54N6O8S.C38H49BrN4O9.C4H10N2S/c1-10-24-19-41(24,36(50)51)46-34(48)29-17-25(20-47(29)35(49)33(39(5,6)7)45-38(52)55-40(8)15-11-12-16-40)54-31-18-27(28-21-56-37(44-28)42-22(2)3)43-32-23(4)30(53-9)14-13-26(31)32;1-9-22-18-38(22,34(47)50-8)42-32(45)26-16-23(51-29-17-25(27(44)19-39)40-30-21(2)28(49-7)13-12-24(29)30)20-43(26)33(46)31(36(3,4)5)41-35(48)52-37(6)14-10-11-15-37;1-3(2)6-4(5)7/h10,13-14,18,21-22,24-25,29,33H,1,11-12,15-17,19-20H2,2-9H3,(H,42,44)(H,45,52)(H,46,48)(H,50,51);9,12-13,17,22-23,26,31H,1,10-11,14-16,18-20H2,2-8H3,(H,41,48)(H,42,45);3H,1-2H3,(H3,5,6,7)/t24-,25-,29+,33-,41-;22-,23-,26+,31-,38-;/m11./s1. The number of anilines is 1. The number of nitrogens with zero attached hydrogens (tertiary/aromatic N) is 5. The lowest BCUT2D eigenvalue weighted by Crippen LogP contribution is -2.59. The smallest absolute Gasteiger partial charge is 0.408 e. The van der Waals surface area contributed by atoms with E-state index in [9.17, 15) is 48.3 Å². The molecule has 5 heterocycles. The molecule has 0 unspecified atom stereocenters. The summed E-state index contributed by atoms with van der Waals surface area (Å²) in [5.74, 6) is -3.01. The van der Waals surface area contributed by atoms with Gasteiger partial charge < -0.3 is 85.7 Å². The van der Waals surface area contributed by atoms with Crippen LogP contribution in [0.4, 0.5) is 14.7 Å². The van der Waals surface area contributed by atoms with Gasteiger partial charge in [0.15, 0.2) is 16.0 Å². The van der Waals surface area contributed by atoms with Crippen molar-refractivity contribution in [1.82, 2.24) is 51.3 Å². The van der Waals surface area contributed by atoms with Gasteiger partial charge in [0.2, 0.25) is 23.6 Å². The molecule has 9 N–H and O–H groups in total. The van der Waals surface area contributed by atoms with Gasteiger partial charge in [0.25, 0.3) is 0 Å². The van der Waals surface area contributed by atoms with Crippen LogP contribution in [0.5, 0.6) is 23.0 Å². The van der Waals surface area contributed by atoms with Gasteiger partial charge in [-0.15, -0.1) is 24.5 Å². The number of aromatic nitrogens is 3. The number of ether oxygens (including phenoxy) is 7. The molecular weight excluding hydrogens is 1580 g/mol. The van der Waals surface area contributed by atoms with Crippen molar-refractivity contribution < 1.29 is 81.4 Å². The maximum absolute atomic E-state index is 14.7. The van der Waals surface area contributed by atoms with Gasteiger partial charge in [-0.05, 0) is 167 Å². The number of alkyl carbamates (subject to hydrolysis) is 2. The average Bonchev–Trinajstić information content (AvgIpc) is 1.61. The number of thiocarbonyl (C=S) groups is 1. The number of pyridine rings is 2. The Morgan fingerprint density at radius 1 is 0.652 bits per heavy atom. The lowest BCUT2D eigenvalue weighted by Gasteiger charge is -2.36. The third-order valence-electron chi connectivity index (χ3n) is 22.0. The molecule has 32 heteroatoms. The lowest BCUT2D eigenvalue weighted by atomic mass is 9.85. The van der Waals surface area contributed by atoms with E-state index in [-0.39, 0.29) is 61.1 Å². The minimum atomic E-state index is -1.52. The largest absolute Gasteiger partial charge is 0.496 e. The number of nitrogens with two attached hydrogens (primary N) is 1. The van der Waals surface area contributed by atoms with Crippen LogP contribution in [0.3, 0.4) is 0 Å². The summed E-state index contributed by atoms with van der Waals surface area (Å²) in [7, 11) is 4.39. The van der Waals surface area contributed by atoms with Gasteiger partial charge in [0.1, 0.15) is 93.0 Å². The second-order valence-electron chi connectivity index (χ2n) is 33.9. The lowest BCUT2D eigenvalue weighted by molar-refractivity contribution is -0.148. The number of methoxy groups -OCH3 is 3. The number of hydrogen-bond donors (Lipinski definition) is 8. The number of Topliss-reactive ketones (excluding diaryl/α,β-unsaturated/α-hetero) is 1. The van der Waals surface area contributed by atoms with Crippen LogP contribution in [0, 0.1) is 36.5 Å². The molecule has 11 rings (SSSR count). The summed E-state index contributed by atoms with van der Waals surface area (Å²) in [6.45, 7) is 34.0. The summed E-state index contributed by atoms with van der Waals surface area (Å²) >= 11 is 9.23. The summed E-state index contributed by atoms with van der Waals surface area (Å²) in [6.07, 6.45) is 7.57. The average molecular weight is 1690 g/mol. The van der Waals surface area contributed by atoms with Gasteiger partial charge in [-0.25, -0.2) is 34.1 Å². The molecule has 626 valence electrons. The van der Waals surface area contributed by atoms with E-state index >= 15 is 0 Å². The van der Waals surface area contributed by atoms with Crippen LogP contribution in [0.25, 0.3) is 33.2 Å². The minimum Gasteiger partial charge on any atom is -0.496 e. The van der Waals surface area contributed by atoms with Crippen LogP contribution in [0.15, 0.2) is 67.1 Å². The highest BCUT2D eigenvalue weighted by Crippen LogP contribution is 2.48. The zero-order valence-electron chi connectivity index (χ0n) is 69.0. The number of aryl methyl sites for hydroxylation is 2. The predicted octanol–water partition coefficient (Wildman–Crippen LogP) is 11.9. The third-order valence-corrected chi connectivity index (χ3v) is 23.4. The number of ketones is 1. The number of alkyl halides is 1. The van der Waals surface area contributed by atoms with Crippen molar-refractivity contribution in [1.29, 1.82) is 0 Å². The highest BCUT2D eigenvalue weighted by molar-refractivity contribution is 9.09. The highest BCUT2D eigenvalue weighted by atomic mass is 79.9. The van der Waals surface area contributed by atoms with Crippen LogP contribution in [-0.2, 0) is 43.0 Å². The molecule has 2 aliphatic heterocycles. The van der Waals surface area contributed by atoms with E-state index in [1.54, 1.807) is 44.6 Å². The number of benzene rings is 2. The van der Waals surface area contributed by atoms with Crippen LogP contribution in [0.2, 0.25) is 0 Å². The maximum Gasteiger partial charge on any atom is 0.408 e. The Balaban J connectivity index is 0.000000243. The van der Waals surface area contributed by atoms with Crippen molar-refractivity contribution in [2.75, 3.05) is 45.1 Å². The van der Waals surface area contributed by atoms with Gasteiger partial charge in [-0.2, -0.15) is 0 Å². The Hall–Kier alpha value is -9.43. The second-order valence-corrected chi connectivity index (χ2v) is 35.8. The quantitative estimate of drug-likeness (QED) is 0.00636. The monoisotopic (exact) mass is 1690 g/mol. The van der Waals surface area contributed by atoms with Crippen molar-refractivity contribution in [2.45, 2.75) is 245 Å². The molecule has 2 saturated heterocycles. The number of likely N-dealkylation sites (tertiary alicyclic amines) is 2. The van der Waals surface area contributed by atoms with E-state index in [1.165, 1.54) is 34.3 Å². The summed E-state index contributed by atoms with van der Waals surface area (Å²) in [5.41, 5.74) is 3.52. The molecule has 3 aromatic heterocycles. The van der Waals surface area contributed by atoms with Gasteiger partial charge in [-0.3, -0.25) is 24.0 Å². The van der Waals surface area contributed by atoms with Gasteiger partial charge in [0.05, 0.1) is 56.5 Å². The number of carboxylic acids is 1. The molecule has 6 aliphatic rings. The minimum absolute atomic E-state index is 0.0175. The molecule has 0 radical (unpaired) electrons. The third kappa shape index (κ3) is 20.9. The van der Waals surface area contributed by atoms with Crippen molar-refractivity contribution in [2.24, 2.45) is 28.4 Å². The SMILES string of the molecule is C=C[C@@H]1C[C@]1(NC(=O)[C@@H]1C[C@@H](Oc2cc(-c3csc(NC(C)C)n3)nc3c(C)c(OC)ccc23)CN1C(=O)[C@@H](NC(=O)OC1(C)CCCC1)C(C)(C)C)C(=O)O.C=C[C@@H]1C[C@]1(NC(=O)[C@@H]1C[C@@H](Oc2cc(C(=O)CBr)nc3c(C)c(OC)ccc23)CN1C(=O)[C@@H](NC(=O)OC1(C)CCCC1)C(C)(C)C)C(=O)OC.CC(C)NC(N)=S. The number of fused-ring (bicyclic) bond motifs is 2. The van der Waals surface area contributed by atoms with Crippen LogP contribution in [-0.4, -0.2) is 199 Å². The molecule has 0 bridgehead atoms. The molecule has 115 heavy (non-hydrogen) atoms. The Morgan fingerprint density at radius 2 is 1.10 bits per heavy atom. The molecule has 6 fully saturated rings. The molecule has 4 saturated carbocycles. The van der Waals surface area contributed by atoms with E-state index in [1.807, 2.05) is 114 Å². The van der Waals surface area contributed by atoms with Crippen LogP contribution >= 0.6 is 39.5 Å². The Bertz CT molecular complexity index is 4530. The zero-order chi connectivity index (χ0) is 84.8. The van der Waals surface area contributed by atoms with E-state index in [2.05, 4.69) is 78.2 Å². The number of hydrogen-bond acceptors (Lipinski definition) is 22. The Kier molecular flexibility index (Phi) is 28.3. The zero-order valence-corrected chi connectivity index (χ0v) is 72.2. The Labute approximate surface area is 690 Å². The normalized spacial score (nSPS) is 22.8. The second kappa shape index (κ2) is 36.4. The number of amides is 6. The van der Waals surface area contributed by atoms with E-state index < -0.39 is 123 Å². The number of carbonyl (C=O) groups is 9. The summed E-state index contributed by atoms with van der Waals surface area (Å²) in [6, 6.07) is 6.82. The van der Waals surface area contributed by atoms with Gasteiger partial charge in [0, 0.05) is 76.2 Å². The summed E-state index contributed by atoms with van der Waals surface area (Å²) < 4.78 is 41.2. The molecule has 4 aliphatic carbocycles. The van der Waals surface area contributed by atoms with E-state index in [4.69, 9.17) is 48.9 Å². The first-order chi connectivity index (χ1) is 54.0. The number of carbonyl (C=O) groups excluding carboxylic acids is 8. The van der Waals surface area contributed by atoms with Crippen LogP contribution < -0.4 is 56.6 Å². The van der Waals surface area contributed by atoms with Crippen molar-refractivity contribution >= 4 is 125 Å². The number of rotatable bonds is 26. The summed E-state index contributed by atoms with van der Waals surface area (Å²) in [4.78, 5) is 140. The van der Waals surface area contributed by atoms with E-state index in [0.29, 0.717) is 79.3 Å². The fraction of sp³-hybridized carbons (Fsp3) is 0.578. The topological polar surface area (TPSA) is 382 Å². The molecule has 29 nitrogen and oxygen atoms in total. The number of esters is 1. The first kappa shape index (κ1) is 89.5. The molecule has 10 atom stereocenters. The number of halogens is 1. The summed E-state index contributed by atoms with van der Waals surface area (Å²) in [5, 5.41) is 31.9. The molecule has 2 aromatic carbocycles. The van der Waals surface area contributed by atoms with Crippen molar-refractivity contribution in [3.8, 4) is 34.4 Å². The molecule has 6 amide bonds. The number of aliphatic carboxylic acids is 1.